The molecule has 1 amide bonds. The molecule has 0 aliphatic heterocycles. The Labute approximate surface area is 117 Å². The van der Waals surface area contributed by atoms with Crippen LogP contribution in [-0.4, -0.2) is 39.8 Å². The van der Waals surface area contributed by atoms with Crippen molar-refractivity contribution < 1.29 is 9.53 Å². The zero-order valence-corrected chi connectivity index (χ0v) is 11.7. The molecule has 102 valence electrons. The second-order valence-electron chi connectivity index (χ2n) is 3.94. The fraction of sp³-hybridized carbons (Fsp3) is 0.385. The van der Waals surface area contributed by atoms with Crippen LogP contribution in [0, 0.1) is 11.3 Å². The fourth-order valence-corrected chi connectivity index (χ4v) is 1.80. The molecule has 0 bridgehead atoms. The first-order valence-corrected chi connectivity index (χ1v) is 6.13. The molecule has 0 aliphatic rings. The number of methoxy groups -OCH3 is 1. The van der Waals surface area contributed by atoms with Crippen LogP contribution in [0.15, 0.2) is 18.2 Å². The molecule has 1 aromatic carbocycles. The number of carbonyl (C=O) groups is 1. The van der Waals surface area contributed by atoms with Gasteiger partial charge in [0.25, 0.3) is 0 Å². The zero-order valence-electron chi connectivity index (χ0n) is 10.9. The van der Waals surface area contributed by atoms with Gasteiger partial charge in [0.05, 0.1) is 29.4 Å². The Balaban J connectivity index is 2.68. The maximum absolute atomic E-state index is 11.7. The molecule has 19 heavy (non-hydrogen) atoms. The van der Waals surface area contributed by atoms with E-state index < -0.39 is 0 Å². The Morgan fingerprint density at radius 1 is 1.58 bits per heavy atom. The van der Waals surface area contributed by atoms with Gasteiger partial charge in [-0.1, -0.05) is 17.7 Å². The number of carbonyl (C=O) groups excluding carboxylic acids is 1. The number of likely N-dealkylation sites (N-methyl/N-ethyl adjacent to an activating group) is 1. The average Bonchev–Trinajstić information content (AvgIpc) is 2.38. The van der Waals surface area contributed by atoms with Crippen molar-refractivity contribution in [2.24, 2.45) is 0 Å². The second-order valence-corrected chi connectivity index (χ2v) is 4.35. The molecule has 0 aliphatic carbocycles. The smallest absolute Gasteiger partial charge is 0.239 e. The summed E-state index contributed by atoms with van der Waals surface area (Å²) in [5, 5.41) is 12.2. The number of hydrogen-bond acceptors (Lipinski definition) is 4. The molecule has 0 saturated carbocycles. The normalized spacial score (nSPS) is 9.79. The standard InChI is InChI=1S/C13H16ClN3O2/c1-17(9-13(18)16-6-7-19-2)12-5-3-4-11(14)10(12)8-15/h3-5H,6-7,9H2,1-2H3,(H,16,18). The highest BCUT2D eigenvalue weighted by molar-refractivity contribution is 6.32. The van der Waals surface area contributed by atoms with Crippen LogP contribution in [-0.2, 0) is 9.53 Å². The van der Waals surface area contributed by atoms with E-state index in [1.54, 1.807) is 37.3 Å². The average molecular weight is 282 g/mol. The van der Waals surface area contributed by atoms with E-state index in [1.807, 2.05) is 6.07 Å². The number of rotatable bonds is 6. The largest absolute Gasteiger partial charge is 0.383 e. The number of amides is 1. The summed E-state index contributed by atoms with van der Waals surface area (Å²) in [7, 11) is 3.31. The number of nitrogens with one attached hydrogen (secondary N) is 1. The van der Waals surface area contributed by atoms with Gasteiger partial charge >= 0.3 is 0 Å². The molecule has 0 unspecified atom stereocenters. The summed E-state index contributed by atoms with van der Waals surface area (Å²) in [4.78, 5) is 13.3. The lowest BCUT2D eigenvalue weighted by molar-refractivity contribution is -0.119. The van der Waals surface area contributed by atoms with Crippen molar-refractivity contribution in [3.8, 4) is 6.07 Å². The molecule has 0 aromatic heterocycles. The maximum Gasteiger partial charge on any atom is 0.239 e. The lowest BCUT2D eigenvalue weighted by Crippen LogP contribution is -2.36. The number of benzene rings is 1. The molecule has 0 fully saturated rings. The number of nitrogens with zero attached hydrogens (tertiary/aromatic N) is 2. The Morgan fingerprint density at radius 3 is 2.95 bits per heavy atom. The maximum atomic E-state index is 11.7. The SMILES string of the molecule is COCCNC(=O)CN(C)c1cccc(Cl)c1C#N. The molecule has 0 saturated heterocycles. The number of halogens is 1. The van der Waals surface area contributed by atoms with E-state index in [0.29, 0.717) is 29.4 Å². The first-order chi connectivity index (χ1) is 9.10. The number of nitriles is 1. The fourth-order valence-electron chi connectivity index (χ4n) is 1.59. The highest BCUT2D eigenvalue weighted by Gasteiger charge is 2.13. The summed E-state index contributed by atoms with van der Waals surface area (Å²) in [6, 6.07) is 7.20. The van der Waals surface area contributed by atoms with Crippen LogP contribution in [0.5, 0.6) is 0 Å². The minimum Gasteiger partial charge on any atom is -0.383 e. The van der Waals surface area contributed by atoms with Gasteiger partial charge in [-0.05, 0) is 12.1 Å². The van der Waals surface area contributed by atoms with Crippen molar-refractivity contribution in [1.82, 2.24) is 5.32 Å². The Morgan fingerprint density at radius 2 is 2.32 bits per heavy atom. The van der Waals surface area contributed by atoms with Crippen molar-refractivity contribution >= 4 is 23.2 Å². The van der Waals surface area contributed by atoms with Gasteiger partial charge in [0.2, 0.25) is 5.91 Å². The summed E-state index contributed by atoms with van der Waals surface area (Å²) >= 11 is 5.95. The topological polar surface area (TPSA) is 65.4 Å². The predicted molar refractivity (Wildman–Crippen MR) is 74.3 cm³/mol. The van der Waals surface area contributed by atoms with Gasteiger partial charge in [-0.2, -0.15) is 5.26 Å². The summed E-state index contributed by atoms with van der Waals surface area (Å²) in [6.07, 6.45) is 0. The summed E-state index contributed by atoms with van der Waals surface area (Å²) in [5.41, 5.74) is 1.01. The summed E-state index contributed by atoms with van der Waals surface area (Å²) in [6.45, 7) is 1.08. The van der Waals surface area contributed by atoms with Crippen molar-refractivity contribution in [2.45, 2.75) is 0 Å². The number of hydrogen-bond donors (Lipinski definition) is 1. The van der Waals surface area contributed by atoms with E-state index in [-0.39, 0.29) is 12.5 Å². The first kappa shape index (κ1) is 15.3. The van der Waals surface area contributed by atoms with Crippen LogP contribution in [0.1, 0.15) is 5.56 Å². The third kappa shape index (κ3) is 4.43. The third-order valence-corrected chi connectivity index (χ3v) is 2.84. The van der Waals surface area contributed by atoms with E-state index in [0.717, 1.165) is 0 Å². The van der Waals surface area contributed by atoms with Gasteiger partial charge in [0.1, 0.15) is 6.07 Å². The highest BCUT2D eigenvalue weighted by Crippen LogP contribution is 2.25. The molecule has 1 N–H and O–H groups in total. The Hall–Kier alpha value is -1.77. The monoisotopic (exact) mass is 281 g/mol. The van der Waals surface area contributed by atoms with E-state index in [2.05, 4.69) is 5.32 Å². The van der Waals surface area contributed by atoms with E-state index in [1.165, 1.54) is 0 Å². The lowest BCUT2D eigenvalue weighted by atomic mass is 10.2. The molecule has 1 aromatic rings. The van der Waals surface area contributed by atoms with Gasteiger partial charge < -0.3 is 15.0 Å². The van der Waals surface area contributed by atoms with Crippen LogP contribution in [0.2, 0.25) is 5.02 Å². The van der Waals surface area contributed by atoms with Gasteiger partial charge in [0, 0.05) is 20.7 Å². The molecular formula is C13H16ClN3O2. The van der Waals surface area contributed by atoms with Gasteiger partial charge in [-0.25, -0.2) is 0 Å². The highest BCUT2D eigenvalue weighted by atomic mass is 35.5. The summed E-state index contributed by atoms with van der Waals surface area (Å²) in [5.74, 6) is -0.136. The number of ether oxygens (including phenoxy) is 1. The van der Waals surface area contributed by atoms with E-state index in [9.17, 15) is 4.79 Å². The summed E-state index contributed by atoms with van der Waals surface area (Å²) < 4.78 is 4.85. The van der Waals surface area contributed by atoms with Crippen LogP contribution in [0.4, 0.5) is 5.69 Å². The minimum absolute atomic E-state index is 0.136. The zero-order chi connectivity index (χ0) is 14.3. The van der Waals surface area contributed by atoms with Crippen molar-refractivity contribution in [3.63, 3.8) is 0 Å². The van der Waals surface area contributed by atoms with Gasteiger partial charge in [-0.3, -0.25) is 4.79 Å². The van der Waals surface area contributed by atoms with Crippen LogP contribution in [0.3, 0.4) is 0 Å². The van der Waals surface area contributed by atoms with Gasteiger partial charge in [0.15, 0.2) is 0 Å². The Bertz CT molecular complexity index is 485. The predicted octanol–water partition coefficient (Wildman–Crippen LogP) is 1.41. The Kier molecular flexibility index (Phi) is 6.13. The van der Waals surface area contributed by atoms with Crippen LogP contribution >= 0.6 is 11.6 Å². The van der Waals surface area contributed by atoms with Crippen molar-refractivity contribution in [2.75, 3.05) is 38.8 Å². The lowest BCUT2D eigenvalue weighted by Gasteiger charge is -2.20. The number of anilines is 1. The molecule has 0 atom stereocenters. The molecule has 0 radical (unpaired) electrons. The van der Waals surface area contributed by atoms with E-state index >= 15 is 0 Å². The third-order valence-electron chi connectivity index (χ3n) is 2.52. The molecule has 6 heteroatoms. The molecule has 0 spiro atoms. The van der Waals surface area contributed by atoms with Crippen LogP contribution < -0.4 is 10.2 Å². The van der Waals surface area contributed by atoms with Crippen molar-refractivity contribution in [3.05, 3.63) is 28.8 Å². The molecule has 5 nitrogen and oxygen atoms in total. The molecular weight excluding hydrogens is 266 g/mol. The molecule has 0 heterocycles. The molecule has 1 rings (SSSR count). The quantitative estimate of drug-likeness (QED) is 0.801. The second kappa shape index (κ2) is 7.62. The van der Waals surface area contributed by atoms with E-state index in [4.69, 9.17) is 21.6 Å². The minimum atomic E-state index is -0.136. The van der Waals surface area contributed by atoms with Crippen molar-refractivity contribution in [1.29, 1.82) is 5.26 Å². The first-order valence-electron chi connectivity index (χ1n) is 5.75. The van der Waals surface area contributed by atoms with Gasteiger partial charge in [-0.15, -0.1) is 0 Å². The van der Waals surface area contributed by atoms with Crippen LogP contribution in [0.25, 0.3) is 0 Å².